The van der Waals surface area contributed by atoms with Crippen LogP contribution in [0.25, 0.3) is 0 Å². The minimum Gasteiger partial charge on any atom is -0.318 e. The van der Waals surface area contributed by atoms with E-state index in [1.54, 1.807) is 7.05 Å². The van der Waals surface area contributed by atoms with Crippen molar-refractivity contribution in [1.29, 1.82) is 0 Å². The van der Waals surface area contributed by atoms with Crippen LogP contribution < -0.4 is 5.32 Å². The number of rotatable bonds is 5. The van der Waals surface area contributed by atoms with E-state index in [4.69, 9.17) is 11.6 Å². The molecule has 0 atom stereocenters. The summed E-state index contributed by atoms with van der Waals surface area (Å²) in [4.78, 5) is -0.437. The van der Waals surface area contributed by atoms with Crippen molar-refractivity contribution in [2.45, 2.75) is 11.1 Å². The van der Waals surface area contributed by atoms with Gasteiger partial charge in [-0.1, -0.05) is 11.6 Å². The van der Waals surface area contributed by atoms with E-state index in [2.05, 4.69) is 5.32 Å². The fraction of sp³-hybridized carbons (Fsp3) is 0.455. The first kappa shape index (κ1) is 20.5. The first-order valence-corrected chi connectivity index (χ1v) is 7.40. The van der Waals surface area contributed by atoms with Crippen LogP contribution in [0, 0.1) is 0 Å². The molecule has 0 saturated carbocycles. The Balaban J connectivity index is 0.00000400. The van der Waals surface area contributed by atoms with Gasteiger partial charge in [-0.15, -0.1) is 12.4 Å². The van der Waals surface area contributed by atoms with Gasteiger partial charge in [0.05, 0.1) is 15.5 Å². The molecule has 0 aliphatic heterocycles. The van der Waals surface area contributed by atoms with Crippen LogP contribution in [0.1, 0.15) is 5.56 Å². The molecule has 0 heterocycles. The molecule has 10 heteroatoms. The number of hydrogen-bond acceptors (Lipinski definition) is 3. The van der Waals surface area contributed by atoms with E-state index in [-0.39, 0.29) is 19.0 Å². The zero-order valence-corrected chi connectivity index (χ0v) is 13.6. The second-order valence-electron chi connectivity index (χ2n) is 4.07. The molecule has 0 amide bonds. The van der Waals surface area contributed by atoms with Crippen LogP contribution in [0.2, 0.25) is 5.02 Å². The summed E-state index contributed by atoms with van der Waals surface area (Å²) in [6.07, 6.45) is -4.70. The van der Waals surface area contributed by atoms with E-state index in [1.165, 1.54) is 7.05 Å². The first-order chi connectivity index (χ1) is 9.10. The maximum absolute atomic E-state index is 12.7. The Morgan fingerprint density at radius 1 is 1.33 bits per heavy atom. The molecular weight excluding hydrogens is 352 g/mol. The molecule has 122 valence electrons. The largest absolute Gasteiger partial charge is 0.417 e. The van der Waals surface area contributed by atoms with Gasteiger partial charge in [0, 0.05) is 20.1 Å². The Labute approximate surface area is 132 Å². The van der Waals surface area contributed by atoms with Crippen molar-refractivity contribution < 1.29 is 21.6 Å². The molecule has 1 aromatic carbocycles. The number of likely N-dealkylation sites (N-methyl/N-ethyl adjacent to an activating group) is 2. The van der Waals surface area contributed by atoms with Crippen molar-refractivity contribution in [2.24, 2.45) is 0 Å². The van der Waals surface area contributed by atoms with Gasteiger partial charge in [-0.05, 0) is 25.2 Å². The second kappa shape index (κ2) is 7.64. The highest BCUT2D eigenvalue weighted by molar-refractivity contribution is 7.89. The summed E-state index contributed by atoms with van der Waals surface area (Å²) in [5, 5.41) is 2.23. The van der Waals surface area contributed by atoms with Crippen molar-refractivity contribution in [3.05, 3.63) is 28.8 Å². The van der Waals surface area contributed by atoms with Crippen LogP contribution in [0.5, 0.6) is 0 Å². The number of benzene rings is 1. The molecular formula is C11H15Cl2F3N2O2S. The fourth-order valence-electron chi connectivity index (χ4n) is 1.45. The van der Waals surface area contributed by atoms with E-state index in [0.29, 0.717) is 12.6 Å². The van der Waals surface area contributed by atoms with Crippen LogP contribution in [0.3, 0.4) is 0 Å². The van der Waals surface area contributed by atoms with Gasteiger partial charge in [0.2, 0.25) is 10.0 Å². The lowest BCUT2D eigenvalue weighted by Gasteiger charge is -2.18. The van der Waals surface area contributed by atoms with Gasteiger partial charge in [-0.3, -0.25) is 0 Å². The second-order valence-corrected chi connectivity index (χ2v) is 6.52. The minimum absolute atomic E-state index is 0. The molecule has 4 nitrogen and oxygen atoms in total. The monoisotopic (exact) mass is 366 g/mol. The van der Waals surface area contributed by atoms with E-state index in [1.807, 2.05) is 0 Å². The standard InChI is InChI=1S/C11H14ClF3N2O2S.ClH/c1-16-5-6-17(2)20(18,19)8-3-4-10(12)9(7-8)11(13,14)15;/h3-4,7,16H,5-6H2,1-2H3;1H. The molecule has 0 saturated heterocycles. The smallest absolute Gasteiger partial charge is 0.318 e. The third kappa shape index (κ3) is 5.00. The van der Waals surface area contributed by atoms with Crippen LogP contribution >= 0.6 is 24.0 Å². The van der Waals surface area contributed by atoms with Gasteiger partial charge >= 0.3 is 6.18 Å². The Morgan fingerprint density at radius 3 is 2.38 bits per heavy atom. The van der Waals surface area contributed by atoms with E-state index >= 15 is 0 Å². The van der Waals surface area contributed by atoms with E-state index < -0.39 is 31.7 Å². The lowest BCUT2D eigenvalue weighted by Crippen LogP contribution is -2.33. The molecule has 0 fully saturated rings. The van der Waals surface area contributed by atoms with E-state index in [9.17, 15) is 21.6 Å². The highest BCUT2D eigenvalue weighted by atomic mass is 35.5. The van der Waals surface area contributed by atoms with Crippen LogP contribution in [0.4, 0.5) is 13.2 Å². The fourth-order valence-corrected chi connectivity index (χ4v) is 2.87. The molecule has 0 unspecified atom stereocenters. The highest BCUT2D eigenvalue weighted by Gasteiger charge is 2.35. The highest BCUT2D eigenvalue weighted by Crippen LogP contribution is 2.36. The SMILES string of the molecule is CNCCN(C)S(=O)(=O)c1ccc(Cl)c(C(F)(F)F)c1.Cl. The Bertz CT molecular complexity index is 579. The predicted octanol–water partition coefficient (Wildman–Crippen LogP) is 2.62. The molecule has 0 radical (unpaired) electrons. The quantitative estimate of drug-likeness (QED) is 0.871. The summed E-state index contributed by atoms with van der Waals surface area (Å²) >= 11 is 5.46. The van der Waals surface area contributed by atoms with Gasteiger partial charge in [-0.2, -0.15) is 17.5 Å². The van der Waals surface area contributed by atoms with Crippen molar-refractivity contribution in [1.82, 2.24) is 9.62 Å². The summed E-state index contributed by atoms with van der Waals surface area (Å²) in [5.74, 6) is 0. The number of nitrogens with zero attached hydrogens (tertiary/aromatic N) is 1. The number of alkyl halides is 3. The zero-order valence-electron chi connectivity index (χ0n) is 11.2. The van der Waals surface area contributed by atoms with Gasteiger partial charge in [0.1, 0.15) is 0 Å². The molecule has 21 heavy (non-hydrogen) atoms. The van der Waals surface area contributed by atoms with Crippen molar-refractivity contribution in [3.8, 4) is 0 Å². The lowest BCUT2D eigenvalue weighted by molar-refractivity contribution is -0.137. The average Bonchev–Trinajstić information content (AvgIpc) is 2.34. The molecule has 0 aliphatic rings. The van der Waals surface area contributed by atoms with Gasteiger partial charge in [-0.25, -0.2) is 8.42 Å². The summed E-state index contributed by atoms with van der Waals surface area (Å²) in [7, 11) is -1.03. The van der Waals surface area contributed by atoms with Crippen molar-refractivity contribution >= 4 is 34.0 Å². The number of halogens is 5. The van der Waals surface area contributed by atoms with E-state index in [0.717, 1.165) is 16.4 Å². The molecule has 1 rings (SSSR count). The van der Waals surface area contributed by atoms with Crippen molar-refractivity contribution in [2.75, 3.05) is 27.2 Å². The third-order valence-corrected chi connectivity index (χ3v) is 4.81. The molecule has 0 spiro atoms. The van der Waals surface area contributed by atoms with Crippen molar-refractivity contribution in [3.63, 3.8) is 0 Å². The number of nitrogens with one attached hydrogen (secondary N) is 1. The van der Waals surface area contributed by atoms with Gasteiger partial charge in [0.15, 0.2) is 0 Å². The first-order valence-electron chi connectivity index (χ1n) is 5.58. The molecule has 0 aliphatic carbocycles. The molecule has 1 aromatic rings. The molecule has 1 N–H and O–H groups in total. The average molecular weight is 367 g/mol. The zero-order chi connectivity index (χ0) is 15.6. The topological polar surface area (TPSA) is 49.4 Å². The summed E-state index contributed by atoms with van der Waals surface area (Å²) in [6.45, 7) is 0.526. The molecule has 0 aromatic heterocycles. The molecule has 0 bridgehead atoms. The van der Waals surface area contributed by atoms with Gasteiger partial charge < -0.3 is 5.32 Å². The third-order valence-electron chi connectivity index (χ3n) is 2.63. The summed E-state index contributed by atoms with van der Waals surface area (Å²) in [5.41, 5.74) is -1.16. The maximum Gasteiger partial charge on any atom is 0.417 e. The normalized spacial score (nSPS) is 12.3. The maximum atomic E-state index is 12.7. The minimum atomic E-state index is -4.70. The Kier molecular flexibility index (Phi) is 7.44. The number of sulfonamides is 1. The Hall–Kier alpha value is -0.540. The summed E-state index contributed by atoms with van der Waals surface area (Å²) < 4.78 is 63.4. The number of hydrogen-bond donors (Lipinski definition) is 1. The van der Waals surface area contributed by atoms with Crippen LogP contribution in [-0.4, -0.2) is 39.9 Å². The predicted molar refractivity (Wildman–Crippen MR) is 77.4 cm³/mol. The van der Waals surface area contributed by atoms with Crippen LogP contribution in [0.15, 0.2) is 23.1 Å². The van der Waals surface area contributed by atoms with Crippen LogP contribution in [-0.2, 0) is 16.2 Å². The summed E-state index contributed by atoms with van der Waals surface area (Å²) in [6, 6.07) is 2.54. The van der Waals surface area contributed by atoms with Gasteiger partial charge in [0.25, 0.3) is 0 Å². The Morgan fingerprint density at radius 2 is 1.90 bits per heavy atom. The lowest BCUT2D eigenvalue weighted by atomic mass is 10.2.